The number of carbonyl (C=O) groups is 2. The molecule has 0 aliphatic heterocycles. The zero-order valence-corrected chi connectivity index (χ0v) is 15.9. The Hall–Kier alpha value is -3.21. The van der Waals surface area contributed by atoms with Crippen molar-refractivity contribution in [3.8, 4) is 0 Å². The van der Waals surface area contributed by atoms with Crippen molar-refractivity contribution >= 4 is 28.4 Å². The average molecular weight is 373 g/mol. The Morgan fingerprint density at radius 3 is 2.61 bits per heavy atom. The van der Waals surface area contributed by atoms with Crippen molar-refractivity contribution in [3.05, 3.63) is 71.4 Å². The third-order valence-electron chi connectivity index (χ3n) is 5.06. The molecule has 1 aliphatic rings. The molecule has 1 heterocycles. The van der Waals surface area contributed by atoms with Gasteiger partial charge in [0.1, 0.15) is 0 Å². The minimum atomic E-state index is -0.251. The number of hydrogen-bond acceptors (Lipinski definition) is 3. The summed E-state index contributed by atoms with van der Waals surface area (Å²) >= 11 is 0. The van der Waals surface area contributed by atoms with Crippen molar-refractivity contribution in [2.45, 2.75) is 32.1 Å². The van der Waals surface area contributed by atoms with Crippen LogP contribution < -0.4 is 10.6 Å². The fourth-order valence-electron chi connectivity index (χ4n) is 3.37. The van der Waals surface area contributed by atoms with E-state index in [1.807, 2.05) is 61.5 Å². The van der Waals surface area contributed by atoms with E-state index in [0.717, 1.165) is 47.1 Å². The third-order valence-corrected chi connectivity index (χ3v) is 5.06. The Bertz CT molecular complexity index is 1040. The van der Waals surface area contributed by atoms with Gasteiger partial charge in [-0.3, -0.25) is 14.6 Å². The van der Waals surface area contributed by atoms with Crippen LogP contribution in [-0.2, 0) is 11.2 Å². The van der Waals surface area contributed by atoms with Crippen molar-refractivity contribution in [3.63, 3.8) is 0 Å². The van der Waals surface area contributed by atoms with Crippen LogP contribution in [-0.4, -0.2) is 23.3 Å². The molecule has 28 heavy (non-hydrogen) atoms. The monoisotopic (exact) mass is 373 g/mol. The number of benzene rings is 2. The van der Waals surface area contributed by atoms with Crippen LogP contribution in [0.5, 0.6) is 0 Å². The molecule has 142 valence electrons. The van der Waals surface area contributed by atoms with E-state index in [1.54, 1.807) is 0 Å². The van der Waals surface area contributed by atoms with Crippen LogP contribution in [0.15, 0.2) is 54.6 Å². The molecule has 0 atom stereocenters. The fraction of sp³-hybridized carbons (Fsp3) is 0.261. The topological polar surface area (TPSA) is 71.1 Å². The molecule has 0 radical (unpaired) electrons. The van der Waals surface area contributed by atoms with Crippen LogP contribution >= 0.6 is 0 Å². The van der Waals surface area contributed by atoms with Gasteiger partial charge in [0.25, 0.3) is 5.91 Å². The Kier molecular flexibility index (Phi) is 5.06. The molecule has 2 aromatic carbocycles. The molecular weight excluding hydrogens is 350 g/mol. The summed E-state index contributed by atoms with van der Waals surface area (Å²) in [5.74, 6) is -0.0422. The maximum atomic E-state index is 12.8. The number of amides is 2. The van der Waals surface area contributed by atoms with E-state index < -0.39 is 0 Å². The Morgan fingerprint density at radius 1 is 1.07 bits per heavy atom. The minimum absolute atomic E-state index is 0.0771. The number of rotatable bonds is 6. The van der Waals surface area contributed by atoms with E-state index >= 15 is 0 Å². The third kappa shape index (κ3) is 3.88. The lowest BCUT2D eigenvalue weighted by Gasteiger charge is -2.12. The highest BCUT2D eigenvalue weighted by molar-refractivity contribution is 6.07. The van der Waals surface area contributed by atoms with Crippen molar-refractivity contribution < 1.29 is 9.59 Å². The van der Waals surface area contributed by atoms with Crippen molar-refractivity contribution in [2.75, 3.05) is 11.9 Å². The first-order valence-corrected chi connectivity index (χ1v) is 9.71. The minimum Gasteiger partial charge on any atom is -0.343 e. The Balaban J connectivity index is 1.48. The van der Waals surface area contributed by atoms with E-state index in [2.05, 4.69) is 10.6 Å². The van der Waals surface area contributed by atoms with Gasteiger partial charge in [0.15, 0.2) is 0 Å². The molecule has 0 saturated heterocycles. The molecule has 0 bridgehead atoms. The zero-order chi connectivity index (χ0) is 19.5. The van der Waals surface area contributed by atoms with Gasteiger partial charge < -0.3 is 10.6 Å². The second-order valence-corrected chi connectivity index (χ2v) is 7.13. The molecule has 5 heteroatoms. The van der Waals surface area contributed by atoms with Crippen molar-refractivity contribution in [2.24, 2.45) is 0 Å². The van der Waals surface area contributed by atoms with Crippen LogP contribution in [0, 0.1) is 0 Å². The smallest absolute Gasteiger partial charge is 0.252 e. The lowest BCUT2D eigenvalue weighted by molar-refractivity contribution is -0.115. The summed E-state index contributed by atoms with van der Waals surface area (Å²) < 4.78 is 0. The van der Waals surface area contributed by atoms with Gasteiger partial charge >= 0.3 is 0 Å². The molecule has 1 fully saturated rings. The normalized spacial score (nSPS) is 13.3. The van der Waals surface area contributed by atoms with Gasteiger partial charge in [0.2, 0.25) is 5.91 Å². The summed E-state index contributed by atoms with van der Waals surface area (Å²) in [6.45, 7) is 1.96. The van der Waals surface area contributed by atoms with Crippen LogP contribution in [0.3, 0.4) is 0 Å². The molecule has 5 nitrogen and oxygen atoms in total. The van der Waals surface area contributed by atoms with Crippen molar-refractivity contribution in [1.29, 1.82) is 0 Å². The van der Waals surface area contributed by atoms with Gasteiger partial charge in [0.05, 0.1) is 17.6 Å². The molecule has 3 aromatic rings. The van der Waals surface area contributed by atoms with E-state index in [-0.39, 0.29) is 18.4 Å². The maximum absolute atomic E-state index is 12.8. The number of nitrogens with zero attached hydrogens (tertiary/aromatic N) is 1. The highest BCUT2D eigenvalue weighted by Gasteiger charge is 2.27. The standard InChI is InChI=1S/C23H23N3O2/c1-2-15-7-3-5-9-19(15)26-22(27)14-24-23(28)18-13-21(16-11-12-16)25-20-10-6-4-8-17(18)20/h3-10,13,16H,2,11-12,14H2,1H3,(H,24,28)(H,26,27). The SMILES string of the molecule is CCc1ccccc1NC(=O)CNC(=O)c1cc(C2CC2)nc2ccccc12. The fourth-order valence-corrected chi connectivity index (χ4v) is 3.37. The van der Waals surface area contributed by atoms with E-state index in [1.165, 1.54) is 0 Å². The summed E-state index contributed by atoms with van der Waals surface area (Å²) in [6.07, 6.45) is 3.06. The first-order chi connectivity index (χ1) is 13.7. The molecule has 0 unspecified atom stereocenters. The van der Waals surface area contributed by atoms with Gasteiger partial charge in [0, 0.05) is 22.7 Å². The highest BCUT2D eigenvalue weighted by Crippen LogP contribution is 2.40. The molecule has 1 saturated carbocycles. The summed E-state index contributed by atoms with van der Waals surface area (Å²) in [4.78, 5) is 29.8. The van der Waals surface area contributed by atoms with E-state index in [4.69, 9.17) is 4.98 Å². The molecule has 1 aliphatic carbocycles. The van der Waals surface area contributed by atoms with Gasteiger partial charge in [-0.05, 0) is 43.0 Å². The molecule has 4 rings (SSSR count). The van der Waals surface area contributed by atoms with Gasteiger partial charge in [-0.1, -0.05) is 43.3 Å². The van der Waals surface area contributed by atoms with Crippen LogP contribution in [0.4, 0.5) is 5.69 Å². The highest BCUT2D eigenvalue weighted by atomic mass is 16.2. The molecule has 2 N–H and O–H groups in total. The van der Waals surface area contributed by atoms with Gasteiger partial charge in [-0.2, -0.15) is 0 Å². The molecule has 1 aromatic heterocycles. The quantitative estimate of drug-likeness (QED) is 0.685. The van der Waals surface area contributed by atoms with Crippen molar-refractivity contribution in [1.82, 2.24) is 10.3 Å². The number of aromatic nitrogens is 1. The number of nitrogens with one attached hydrogen (secondary N) is 2. The van der Waals surface area contributed by atoms with Crippen LogP contribution in [0.1, 0.15) is 47.3 Å². The summed E-state index contributed by atoms with van der Waals surface area (Å²) in [5, 5.41) is 6.44. The van der Waals surface area contributed by atoms with Crippen LogP contribution in [0.25, 0.3) is 10.9 Å². The predicted octanol–water partition coefficient (Wildman–Crippen LogP) is 4.04. The number of aryl methyl sites for hydroxylation is 1. The Labute approximate surface area is 164 Å². The lowest BCUT2D eigenvalue weighted by atomic mass is 10.1. The predicted molar refractivity (Wildman–Crippen MR) is 111 cm³/mol. The number of anilines is 1. The van der Waals surface area contributed by atoms with E-state index in [0.29, 0.717) is 11.5 Å². The van der Waals surface area contributed by atoms with Crippen LogP contribution in [0.2, 0.25) is 0 Å². The first kappa shape index (κ1) is 18.2. The Morgan fingerprint density at radius 2 is 1.82 bits per heavy atom. The first-order valence-electron chi connectivity index (χ1n) is 9.71. The zero-order valence-electron chi connectivity index (χ0n) is 15.9. The second kappa shape index (κ2) is 7.80. The number of para-hydroxylation sites is 2. The summed E-state index contributed by atoms with van der Waals surface area (Å²) in [6, 6.07) is 17.2. The number of fused-ring (bicyclic) bond motifs is 1. The number of carbonyl (C=O) groups excluding carboxylic acids is 2. The number of pyridine rings is 1. The second-order valence-electron chi connectivity index (χ2n) is 7.13. The molecular formula is C23H23N3O2. The summed E-state index contributed by atoms with van der Waals surface area (Å²) in [5.41, 5.74) is 4.21. The number of hydrogen-bond donors (Lipinski definition) is 2. The summed E-state index contributed by atoms with van der Waals surface area (Å²) in [7, 11) is 0. The lowest BCUT2D eigenvalue weighted by Crippen LogP contribution is -2.33. The van der Waals surface area contributed by atoms with E-state index in [9.17, 15) is 9.59 Å². The average Bonchev–Trinajstić information content (AvgIpc) is 3.57. The maximum Gasteiger partial charge on any atom is 0.252 e. The molecule has 0 spiro atoms. The van der Waals surface area contributed by atoms with Gasteiger partial charge in [-0.15, -0.1) is 0 Å². The molecule has 2 amide bonds. The van der Waals surface area contributed by atoms with Gasteiger partial charge in [-0.25, -0.2) is 0 Å². The largest absolute Gasteiger partial charge is 0.343 e.